The van der Waals surface area contributed by atoms with Crippen LogP contribution in [0.3, 0.4) is 0 Å². The van der Waals surface area contributed by atoms with E-state index in [1.54, 1.807) is 6.07 Å². The first kappa shape index (κ1) is 11.3. The van der Waals surface area contributed by atoms with Crippen molar-refractivity contribution in [2.24, 2.45) is 0 Å². The zero-order valence-electron chi connectivity index (χ0n) is 10.0. The van der Waals surface area contributed by atoms with Crippen LogP contribution in [-0.2, 0) is 0 Å². The molecule has 1 heterocycles. The molecule has 1 fully saturated rings. The first-order valence-electron chi connectivity index (χ1n) is 5.90. The van der Waals surface area contributed by atoms with E-state index in [9.17, 15) is 5.11 Å². The van der Waals surface area contributed by atoms with Crippen molar-refractivity contribution in [3.63, 3.8) is 0 Å². The predicted molar refractivity (Wildman–Crippen MR) is 67.0 cm³/mol. The molecule has 0 aliphatic carbocycles. The number of likely N-dealkylation sites (tertiary alicyclic amines) is 1. The number of hydrogen-bond acceptors (Lipinski definition) is 3. The second-order valence-corrected chi connectivity index (χ2v) is 4.72. The summed E-state index contributed by atoms with van der Waals surface area (Å²) in [6.07, 6.45) is 2.38. The zero-order chi connectivity index (χ0) is 11.5. The van der Waals surface area contributed by atoms with E-state index < -0.39 is 0 Å². The monoisotopic (exact) mass is 220 g/mol. The summed E-state index contributed by atoms with van der Waals surface area (Å²) >= 11 is 0. The molecule has 1 aromatic carbocycles. The summed E-state index contributed by atoms with van der Waals surface area (Å²) < 4.78 is 0. The maximum absolute atomic E-state index is 9.45. The summed E-state index contributed by atoms with van der Waals surface area (Å²) in [7, 11) is 2.17. The number of piperidine rings is 1. The minimum Gasteiger partial charge on any atom is -0.508 e. The average Bonchev–Trinajstić information content (AvgIpc) is 2.27. The van der Waals surface area contributed by atoms with Gasteiger partial charge in [-0.3, -0.25) is 0 Å². The summed E-state index contributed by atoms with van der Waals surface area (Å²) in [5.74, 6) is 0.369. The average molecular weight is 220 g/mol. The second-order valence-electron chi connectivity index (χ2n) is 4.72. The molecule has 0 unspecified atom stereocenters. The number of aryl methyl sites for hydroxylation is 1. The van der Waals surface area contributed by atoms with Crippen molar-refractivity contribution in [3.8, 4) is 5.75 Å². The summed E-state index contributed by atoms with van der Waals surface area (Å²) in [6, 6.07) is 6.28. The summed E-state index contributed by atoms with van der Waals surface area (Å²) in [5, 5.41) is 13.0. The Balaban J connectivity index is 1.96. The second kappa shape index (κ2) is 4.74. The lowest BCUT2D eigenvalue weighted by Gasteiger charge is -2.30. The third kappa shape index (κ3) is 2.67. The van der Waals surface area contributed by atoms with Crippen molar-refractivity contribution in [1.29, 1.82) is 0 Å². The van der Waals surface area contributed by atoms with E-state index in [1.165, 1.54) is 12.8 Å². The fourth-order valence-electron chi connectivity index (χ4n) is 2.13. The number of hydrogen-bond donors (Lipinski definition) is 2. The number of phenolic OH excluding ortho intramolecular Hbond substituents is 1. The molecule has 1 aromatic rings. The standard InChI is InChI=1S/C13H20N2O/c1-10-9-12(3-4-13(10)16)14-11-5-7-15(2)8-6-11/h3-4,9,11,14,16H,5-8H2,1-2H3. The van der Waals surface area contributed by atoms with Gasteiger partial charge in [0.1, 0.15) is 5.75 Å². The first-order chi connectivity index (χ1) is 7.65. The van der Waals surface area contributed by atoms with Gasteiger partial charge >= 0.3 is 0 Å². The van der Waals surface area contributed by atoms with Gasteiger partial charge in [0, 0.05) is 11.7 Å². The molecule has 0 aromatic heterocycles. The van der Waals surface area contributed by atoms with Crippen molar-refractivity contribution in [3.05, 3.63) is 23.8 Å². The Morgan fingerprint density at radius 2 is 2.00 bits per heavy atom. The van der Waals surface area contributed by atoms with Gasteiger partial charge in [0.25, 0.3) is 0 Å². The highest BCUT2D eigenvalue weighted by molar-refractivity contribution is 5.50. The minimum absolute atomic E-state index is 0.369. The van der Waals surface area contributed by atoms with E-state index in [2.05, 4.69) is 17.3 Å². The number of anilines is 1. The molecule has 1 aliphatic rings. The lowest BCUT2D eigenvalue weighted by Crippen LogP contribution is -2.36. The summed E-state index contributed by atoms with van der Waals surface area (Å²) in [6.45, 7) is 4.25. The number of rotatable bonds is 2. The van der Waals surface area contributed by atoms with E-state index in [0.29, 0.717) is 11.8 Å². The topological polar surface area (TPSA) is 35.5 Å². The number of phenols is 1. The van der Waals surface area contributed by atoms with Crippen LogP contribution < -0.4 is 5.32 Å². The van der Waals surface area contributed by atoms with Crippen LogP contribution in [0.5, 0.6) is 5.75 Å². The molecule has 1 aliphatic heterocycles. The third-order valence-electron chi connectivity index (χ3n) is 3.29. The molecule has 0 saturated carbocycles. The highest BCUT2D eigenvalue weighted by atomic mass is 16.3. The highest BCUT2D eigenvalue weighted by Crippen LogP contribution is 2.22. The Kier molecular flexibility index (Phi) is 3.34. The normalized spacial score (nSPS) is 18.6. The van der Waals surface area contributed by atoms with Gasteiger partial charge in [-0.05, 0) is 63.7 Å². The third-order valence-corrected chi connectivity index (χ3v) is 3.29. The maximum atomic E-state index is 9.45. The van der Waals surface area contributed by atoms with Gasteiger partial charge in [0.05, 0.1) is 0 Å². The van der Waals surface area contributed by atoms with Gasteiger partial charge in [-0.1, -0.05) is 0 Å². The largest absolute Gasteiger partial charge is 0.508 e. The van der Waals surface area contributed by atoms with E-state index in [4.69, 9.17) is 0 Å². The zero-order valence-corrected chi connectivity index (χ0v) is 10.0. The predicted octanol–water partition coefficient (Wildman–Crippen LogP) is 2.21. The fraction of sp³-hybridized carbons (Fsp3) is 0.538. The van der Waals surface area contributed by atoms with Crippen LogP contribution in [-0.4, -0.2) is 36.2 Å². The first-order valence-corrected chi connectivity index (χ1v) is 5.90. The lowest BCUT2D eigenvalue weighted by atomic mass is 10.0. The number of nitrogens with one attached hydrogen (secondary N) is 1. The molecule has 0 radical (unpaired) electrons. The van der Waals surface area contributed by atoms with Crippen LogP contribution in [0.1, 0.15) is 18.4 Å². The molecule has 1 saturated heterocycles. The van der Waals surface area contributed by atoms with Gasteiger partial charge < -0.3 is 15.3 Å². The molecule has 0 spiro atoms. The lowest BCUT2D eigenvalue weighted by molar-refractivity contribution is 0.264. The van der Waals surface area contributed by atoms with Crippen LogP contribution in [0.15, 0.2) is 18.2 Å². The van der Waals surface area contributed by atoms with Crippen molar-refractivity contribution in [1.82, 2.24) is 4.90 Å². The quantitative estimate of drug-likeness (QED) is 0.750. The van der Waals surface area contributed by atoms with Crippen LogP contribution in [0.4, 0.5) is 5.69 Å². The van der Waals surface area contributed by atoms with Crippen LogP contribution >= 0.6 is 0 Å². The molecule has 88 valence electrons. The molecule has 16 heavy (non-hydrogen) atoms. The molecule has 3 heteroatoms. The molecular weight excluding hydrogens is 200 g/mol. The molecule has 3 nitrogen and oxygen atoms in total. The van der Waals surface area contributed by atoms with Crippen molar-refractivity contribution in [2.45, 2.75) is 25.8 Å². The van der Waals surface area contributed by atoms with Gasteiger partial charge in [0.15, 0.2) is 0 Å². The van der Waals surface area contributed by atoms with Crippen LogP contribution in [0, 0.1) is 6.92 Å². The SMILES string of the molecule is Cc1cc(NC2CCN(C)CC2)ccc1O. The molecule has 0 amide bonds. The Labute approximate surface area is 97.1 Å². The molecule has 2 rings (SSSR count). The molecular formula is C13H20N2O. The minimum atomic E-state index is 0.369. The Hall–Kier alpha value is -1.22. The smallest absolute Gasteiger partial charge is 0.118 e. The van der Waals surface area contributed by atoms with Crippen molar-refractivity contribution in [2.75, 3.05) is 25.5 Å². The van der Waals surface area contributed by atoms with E-state index in [0.717, 1.165) is 24.3 Å². The van der Waals surface area contributed by atoms with Crippen LogP contribution in [0.2, 0.25) is 0 Å². The number of nitrogens with zero attached hydrogens (tertiary/aromatic N) is 1. The maximum Gasteiger partial charge on any atom is 0.118 e. The molecule has 0 bridgehead atoms. The van der Waals surface area contributed by atoms with Crippen molar-refractivity contribution < 1.29 is 5.11 Å². The van der Waals surface area contributed by atoms with E-state index >= 15 is 0 Å². The fourth-order valence-corrected chi connectivity index (χ4v) is 2.13. The molecule has 2 N–H and O–H groups in total. The summed E-state index contributed by atoms with van der Waals surface area (Å²) in [5.41, 5.74) is 2.04. The van der Waals surface area contributed by atoms with E-state index in [1.807, 2.05) is 19.1 Å². The summed E-state index contributed by atoms with van der Waals surface area (Å²) in [4.78, 5) is 2.36. The highest BCUT2D eigenvalue weighted by Gasteiger charge is 2.16. The van der Waals surface area contributed by atoms with Crippen LogP contribution in [0.25, 0.3) is 0 Å². The number of aromatic hydroxyl groups is 1. The van der Waals surface area contributed by atoms with Crippen molar-refractivity contribution >= 4 is 5.69 Å². The van der Waals surface area contributed by atoms with E-state index in [-0.39, 0.29) is 0 Å². The number of benzene rings is 1. The Morgan fingerprint density at radius 3 is 2.62 bits per heavy atom. The van der Waals surface area contributed by atoms with Gasteiger partial charge in [-0.15, -0.1) is 0 Å². The Morgan fingerprint density at radius 1 is 1.31 bits per heavy atom. The molecule has 0 atom stereocenters. The van der Waals surface area contributed by atoms with Gasteiger partial charge in [-0.25, -0.2) is 0 Å². The van der Waals surface area contributed by atoms with Gasteiger partial charge in [0.2, 0.25) is 0 Å². The Bertz CT molecular complexity index is 357. The van der Waals surface area contributed by atoms with Gasteiger partial charge in [-0.2, -0.15) is 0 Å².